The summed E-state index contributed by atoms with van der Waals surface area (Å²) in [5.41, 5.74) is 0.780. The number of amides is 3. The molecule has 2 heterocycles. The summed E-state index contributed by atoms with van der Waals surface area (Å²) in [6.07, 6.45) is 3.19. The molecule has 0 spiro atoms. The Labute approximate surface area is 140 Å². The van der Waals surface area contributed by atoms with Crippen LogP contribution in [0.5, 0.6) is 0 Å². The van der Waals surface area contributed by atoms with Gasteiger partial charge in [0, 0.05) is 18.8 Å². The van der Waals surface area contributed by atoms with E-state index in [4.69, 9.17) is 4.42 Å². The quantitative estimate of drug-likeness (QED) is 0.907. The maximum atomic E-state index is 12.4. The van der Waals surface area contributed by atoms with Crippen LogP contribution in [-0.4, -0.2) is 29.9 Å². The first kappa shape index (κ1) is 16.1. The second-order valence-electron chi connectivity index (χ2n) is 5.88. The van der Waals surface area contributed by atoms with E-state index in [1.807, 2.05) is 36.4 Å². The molecule has 0 radical (unpaired) electrons. The first-order valence-corrected chi connectivity index (χ1v) is 8.13. The predicted octanol–water partition coefficient (Wildman–Crippen LogP) is 2.84. The van der Waals surface area contributed by atoms with Gasteiger partial charge in [0.2, 0.25) is 5.91 Å². The zero-order chi connectivity index (χ0) is 16.8. The van der Waals surface area contributed by atoms with Gasteiger partial charge >= 0.3 is 6.03 Å². The molecule has 1 aromatic carbocycles. The van der Waals surface area contributed by atoms with Crippen molar-refractivity contribution < 1.29 is 14.0 Å². The number of likely N-dealkylation sites (tertiary alicyclic amines) is 1. The molecule has 1 fully saturated rings. The van der Waals surface area contributed by atoms with E-state index in [2.05, 4.69) is 10.6 Å². The second-order valence-corrected chi connectivity index (χ2v) is 5.88. The van der Waals surface area contributed by atoms with Gasteiger partial charge in [-0.25, -0.2) is 4.79 Å². The zero-order valence-corrected chi connectivity index (χ0v) is 13.4. The van der Waals surface area contributed by atoms with E-state index in [0.717, 1.165) is 18.5 Å². The van der Waals surface area contributed by atoms with E-state index in [-0.39, 0.29) is 17.9 Å². The summed E-state index contributed by atoms with van der Waals surface area (Å²) in [5.74, 6) is 0.483. The van der Waals surface area contributed by atoms with Crippen molar-refractivity contribution in [3.8, 4) is 0 Å². The molecule has 0 saturated carbocycles. The molecule has 126 valence electrons. The first-order valence-electron chi connectivity index (χ1n) is 8.13. The molecule has 1 aliphatic heterocycles. The molecule has 6 heteroatoms. The molecule has 0 aliphatic carbocycles. The van der Waals surface area contributed by atoms with Crippen LogP contribution < -0.4 is 10.6 Å². The van der Waals surface area contributed by atoms with Crippen molar-refractivity contribution >= 4 is 17.6 Å². The number of carbonyl (C=O) groups is 2. The Morgan fingerprint density at radius 3 is 2.75 bits per heavy atom. The van der Waals surface area contributed by atoms with Crippen LogP contribution in [0.25, 0.3) is 0 Å². The van der Waals surface area contributed by atoms with E-state index >= 15 is 0 Å². The molecule has 1 aliphatic rings. The lowest BCUT2D eigenvalue weighted by atomic mass is 9.97. The standard InChI is InChI=1S/C18H21N3O3/c22-17(20-15-7-2-1-3-8-15)14-6-4-10-21(13-14)18(23)19-12-16-9-5-11-24-16/h1-3,5,7-9,11,14H,4,6,10,12-13H2,(H,19,23)(H,20,22)/t14-/m1/s1. The summed E-state index contributed by atoms with van der Waals surface area (Å²) in [5, 5.41) is 5.74. The largest absolute Gasteiger partial charge is 0.467 e. The molecule has 1 atom stereocenters. The van der Waals surface area contributed by atoms with Crippen molar-refractivity contribution in [1.82, 2.24) is 10.2 Å². The molecular weight excluding hydrogens is 306 g/mol. The summed E-state index contributed by atoms with van der Waals surface area (Å²) >= 11 is 0. The molecule has 3 rings (SSSR count). The number of furan rings is 1. The van der Waals surface area contributed by atoms with Crippen LogP contribution in [0.1, 0.15) is 18.6 Å². The smallest absolute Gasteiger partial charge is 0.317 e. The van der Waals surface area contributed by atoms with Crippen molar-refractivity contribution in [3.05, 3.63) is 54.5 Å². The minimum Gasteiger partial charge on any atom is -0.467 e. The highest BCUT2D eigenvalue weighted by Crippen LogP contribution is 2.19. The Balaban J connectivity index is 1.51. The Kier molecular flexibility index (Phi) is 5.15. The van der Waals surface area contributed by atoms with Crippen molar-refractivity contribution in [2.75, 3.05) is 18.4 Å². The van der Waals surface area contributed by atoms with Gasteiger partial charge < -0.3 is 20.0 Å². The topological polar surface area (TPSA) is 74.6 Å². The highest BCUT2D eigenvalue weighted by molar-refractivity contribution is 5.93. The molecule has 6 nitrogen and oxygen atoms in total. The van der Waals surface area contributed by atoms with Gasteiger partial charge in [-0.2, -0.15) is 0 Å². The average molecular weight is 327 g/mol. The number of nitrogens with one attached hydrogen (secondary N) is 2. The highest BCUT2D eigenvalue weighted by atomic mass is 16.3. The van der Waals surface area contributed by atoms with Gasteiger partial charge in [-0.1, -0.05) is 18.2 Å². The lowest BCUT2D eigenvalue weighted by Crippen LogP contribution is -2.47. The maximum absolute atomic E-state index is 12.4. The number of hydrogen-bond acceptors (Lipinski definition) is 3. The van der Waals surface area contributed by atoms with Gasteiger partial charge in [0.15, 0.2) is 0 Å². The van der Waals surface area contributed by atoms with E-state index < -0.39 is 0 Å². The van der Waals surface area contributed by atoms with E-state index in [9.17, 15) is 9.59 Å². The van der Waals surface area contributed by atoms with Crippen LogP contribution in [-0.2, 0) is 11.3 Å². The lowest BCUT2D eigenvalue weighted by Gasteiger charge is -2.32. The molecule has 2 aromatic rings. The van der Waals surface area contributed by atoms with E-state index in [1.54, 1.807) is 17.2 Å². The molecule has 1 aromatic heterocycles. The van der Waals surface area contributed by atoms with Gasteiger partial charge in [0.05, 0.1) is 18.7 Å². The van der Waals surface area contributed by atoms with Crippen molar-refractivity contribution in [1.29, 1.82) is 0 Å². The normalized spacial score (nSPS) is 17.3. The van der Waals surface area contributed by atoms with Crippen LogP contribution in [0.2, 0.25) is 0 Å². The van der Waals surface area contributed by atoms with Crippen molar-refractivity contribution in [2.45, 2.75) is 19.4 Å². The lowest BCUT2D eigenvalue weighted by molar-refractivity contribution is -0.121. The first-order chi connectivity index (χ1) is 11.7. The zero-order valence-electron chi connectivity index (χ0n) is 13.4. The fourth-order valence-electron chi connectivity index (χ4n) is 2.83. The van der Waals surface area contributed by atoms with E-state index in [0.29, 0.717) is 25.4 Å². The molecule has 2 N–H and O–H groups in total. The number of hydrogen-bond donors (Lipinski definition) is 2. The number of nitrogens with zero attached hydrogens (tertiary/aromatic N) is 1. The number of piperidine rings is 1. The summed E-state index contributed by atoms with van der Waals surface area (Å²) < 4.78 is 5.20. The summed E-state index contributed by atoms with van der Waals surface area (Å²) in [7, 11) is 0. The van der Waals surface area contributed by atoms with Gasteiger partial charge in [-0.15, -0.1) is 0 Å². The number of benzene rings is 1. The third kappa shape index (κ3) is 4.16. The molecule has 1 saturated heterocycles. The SMILES string of the molecule is O=C(Nc1ccccc1)[C@@H]1CCCN(C(=O)NCc2ccco2)C1. The van der Waals surface area contributed by atoms with Gasteiger partial charge in [0.25, 0.3) is 0 Å². The monoisotopic (exact) mass is 327 g/mol. The fourth-order valence-corrected chi connectivity index (χ4v) is 2.83. The minimum atomic E-state index is -0.187. The van der Waals surface area contributed by atoms with Crippen LogP contribution in [0, 0.1) is 5.92 Å². The summed E-state index contributed by atoms with van der Waals surface area (Å²) in [4.78, 5) is 26.4. The molecular formula is C18H21N3O3. The number of rotatable bonds is 4. The van der Waals surface area contributed by atoms with E-state index in [1.165, 1.54) is 0 Å². The van der Waals surface area contributed by atoms with Gasteiger partial charge in [-0.3, -0.25) is 4.79 Å². The molecule has 24 heavy (non-hydrogen) atoms. The number of carbonyl (C=O) groups excluding carboxylic acids is 2. The van der Waals surface area contributed by atoms with Crippen LogP contribution in [0.15, 0.2) is 53.1 Å². The number of anilines is 1. The minimum absolute atomic E-state index is 0.0373. The Morgan fingerprint density at radius 2 is 2.00 bits per heavy atom. The Bertz CT molecular complexity index is 670. The predicted molar refractivity (Wildman–Crippen MR) is 90.3 cm³/mol. The molecule has 3 amide bonds. The highest BCUT2D eigenvalue weighted by Gasteiger charge is 2.28. The number of urea groups is 1. The van der Waals surface area contributed by atoms with Crippen LogP contribution in [0.4, 0.5) is 10.5 Å². The second kappa shape index (κ2) is 7.68. The van der Waals surface area contributed by atoms with Crippen molar-refractivity contribution in [2.24, 2.45) is 5.92 Å². The Hall–Kier alpha value is -2.76. The maximum Gasteiger partial charge on any atom is 0.317 e. The third-order valence-corrected chi connectivity index (χ3v) is 4.11. The average Bonchev–Trinajstić information content (AvgIpc) is 3.14. The third-order valence-electron chi connectivity index (χ3n) is 4.11. The van der Waals surface area contributed by atoms with Crippen LogP contribution >= 0.6 is 0 Å². The summed E-state index contributed by atoms with van der Waals surface area (Å²) in [6.45, 7) is 1.45. The van der Waals surface area contributed by atoms with Crippen LogP contribution in [0.3, 0.4) is 0 Å². The number of para-hydroxylation sites is 1. The molecule has 0 bridgehead atoms. The van der Waals surface area contributed by atoms with Crippen molar-refractivity contribution in [3.63, 3.8) is 0 Å². The summed E-state index contributed by atoms with van der Waals surface area (Å²) in [6, 6.07) is 12.8. The van der Waals surface area contributed by atoms with Gasteiger partial charge in [-0.05, 0) is 37.1 Å². The molecule has 0 unspecified atom stereocenters. The van der Waals surface area contributed by atoms with Gasteiger partial charge in [0.1, 0.15) is 5.76 Å². The fraction of sp³-hybridized carbons (Fsp3) is 0.333. The Morgan fingerprint density at radius 1 is 1.17 bits per heavy atom.